The molecule has 56 valence electrons. The monoisotopic (exact) mass is 129 g/mol. The van der Waals surface area contributed by atoms with Crippen LogP contribution in [-0.2, 0) is 0 Å². The molecule has 0 aromatic heterocycles. The first kappa shape index (κ1) is 7.07. The Kier molecular flexibility index (Phi) is 2.52. The second-order valence-corrected chi connectivity index (χ2v) is 3.22. The number of hydrogen-bond donors (Lipinski definition) is 1. The normalized spacial score (nSPS) is 38.0. The maximum Gasteiger partial charge on any atom is 0.00643 e. The lowest BCUT2D eigenvalue weighted by Crippen LogP contribution is -2.30. The predicted octanol–water partition coefficient (Wildman–Crippen LogP) is 2.03. The first-order valence-corrected chi connectivity index (χ1v) is 4.04. The molecule has 1 saturated heterocycles. The number of rotatable bonds is 0. The van der Waals surface area contributed by atoms with Crippen molar-refractivity contribution in [1.29, 1.82) is 0 Å². The Balaban J connectivity index is 0.000000810. The summed E-state index contributed by atoms with van der Waals surface area (Å²) in [4.78, 5) is 0. The summed E-state index contributed by atoms with van der Waals surface area (Å²) in [5.41, 5.74) is 0. The maximum atomic E-state index is 3.49. The van der Waals surface area contributed by atoms with Crippen LogP contribution < -0.4 is 5.32 Å². The molecule has 0 aromatic rings. The Morgan fingerprint density at radius 2 is 2.11 bits per heavy atom. The largest absolute Gasteiger partial charge is 0.314 e. The summed E-state index contributed by atoms with van der Waals surface area (Å²) in [5, 5.41) is 3.49. The van der Waals surface area contributed by atoms with Crippen molar-refractivity contribution in [2.24, 2.45) is 5.92 Å². The van der Waals surface area contributed by atoms with Crippen LogP contribution in [0.4, 0.5) is 0 Å². The molecule has 1 fully saturated rings. The van der Waals surface area contributed by atoms with Gasteiger partial charge in [-0.05, 0) is 32.2 Å². The van der Waals surface area contributed by atoms with Crippen LogP contribution in [0, 0.1) is 5.92 Å². The van der Waals surface area contributed by atoms with Crippen LogP contribution in [0.25, 0.3) is 0 Å². The van der Waals surface area contributed by atoms with Gasteiger partial charge in [0.15, 0.2) is 0 Å². The molecule has 1 rings (SSSR count). The fourth-order valence-corrected chi connectivity index (χ4v) is 1.37. The Morgan fingerprint density at radius 1 is 1.33 bits per heavy atom. The van der Waals surface area contributed by atoms with Gasteiger partial charge in [0.05, 0.1) is 0 Å². The molecule has 1 heterocycles. The third-order valence-electron chi connectivity index (χ3n) is 2.41. The van der Waals surface area contributed by atoms with Crippen molar-refractivity contribution in [2.75, 3.05) is 6.54 Å². The smallest absolute Gasteiger partial charge is 0.00643 e. The van der Waals surface area contributed by atoms with Gasteiger partial charge in [-0.3, -0.25) is 0 Å². The fraction of sp³-hybridized carbons (Fsp3) is 1.00. The van der Waals surface area contributed by atoms with E-state index < -0.39 is 0 Å². The molecule has 1 aliphatic rings. The molecule has 1 aliphatic heterocycles. The zero-order chi connectivity index (χ0) is 6.69. The zero-order valence-electron chi connectivity index (χ0n) is 6.48. The summed E-state index contributed by atoms with van der Waals surface area (Å²) in [7, 11) is 0. The summed E-state index contributed by atoms with van der Waals surface area (Å²) in [5.74, 6) is 0.882. The zero-order valence-corrected chi connectivity index (χ0v) is 6.48. The SMILES string of the molecule is CC1CCCCNC1C.[HH]. The van der Waals surface area contributed by atoms with Crippen LogP contribution in [0.1, 0.15) is 34.5 Å². The highest BCUT2D eigenvalue weighted by molar-refractivity contribution is 4.71. The van der Waals surface area contributed by atoms with Crippen molar-refractivity contribution in [3.63, 3.8) is 0 Å². The van der Waals surface area contributed by atoms with Gasteiger partial charge in [-0.25, -0.2) is 0 Å². The van der Waals surface area contributed by atoms with Gasteiger partial charge in [0.2, 0.25) is 0 Å². The summed E-state index contributed by atoms with van der Waals surface area (Å²) in [6.45, 7) is 5.85. The fourth-order valence-electron chi connectivity index (χ4n) is 1.37. The molecule has 0 aromatic carbocycles. The molecule has 1 N–H and O–H groups in total. The van der Waals surface area contributed by atoms with Gasteiger partial charge in [-0.1, -0.05) is 13.3 Å². The van der Waals surface area contributed by atoms with Gasteiger partial charge in [-0.15, -0.1) is 0 Å². The third-order valence-corrected chi connectivity index (χ3v) is 2.41. The molecule has 2 unspecified atom stereocenters. The minimum absolute atomic E-state index is 0. The topological polar surface area (TPSA) is 12.0 Å². The van der Waals surface area contributed by atoms with Crippen molar-refractivity contribution < 1.29 is 1.43 Å². The Hall–Kier alpha value is -0.0400. The van der Waals surface area contributed by atoms with Gasteiger partial charge in [0, 0.05) is 7.47 Å². The first-order chi connectivity index (χ1) is 4.30. The standard InChI is InChI=1S/C8H17N.H2/c1-7-5-3-4-6-9-8(7)2;/h7-9H,3-6H2,1-2H3;1H. The minimum atomic E-state index is 0. The molecular weight excluding hydrogens is 110 g/mol. The number of nitrogens with one attached hydrogen (secondary N) is 1. The Morgan fingerprint density at radius 3 is 2.89 bits per heavy atom. The summed E-state index contributed by atoms with van der Waals surface area (Å²) < 4.78 is 0. The minimum Gasteiger partial charge on any atom is -0.314 e. The molecule has 0 spiro atoms. The van der Waals surface area contributed by atoms with E-state index in [9.17, 15) is 0 Å². The van der Waals surface area contributed by atoms with Crippen LogP contribution >= 0.6 is 0 Å². The lowest BCUT2D eigenvalue weighted by molar-refractivity contribution is 0.415. The van der Waals surface area contributed by atoms with Crippen LogP contribution in [0.5, 0.6) is 0 Å². The lowest BCUT2D eigenvalue weighted by Gasteiger charge is -2.16. The molecule has 9 heavy (non-hydrogen) atoms. The second-order valence-electron chi connectivity index (χ2n) is 3.22. The van der Waals surface area contributed by atoms with Gasteiger partial charge >= 0.3 is 0 Å². The van der Waals surface area contributed by atoms with E-state index >= 15 is 0 Å². The summed E-state index contributed by atoms with van der Waals surface area (Å²) in [6, 6.07) is 0.743. The van der Waals surface area contributed by atoms with E-state index in [1.165, 1.54) is 25.8 Å². The average Bonchev–Trinajstić information content (AvgIpc) is 1.99. The first-order valence-electron chi connectivity index (χ1n) is 4.04. The molecule has 0 saturated carbocycles. The summed E-state index contributed by atoms with van der Waals surface area (Å²) >= 11 is 0. The van der Waals surface area contributed by atoms with Crippen LogP contribution in [0.2, 0.25) is 0 Å². The van der Waals surface area contributed by atoms with E-state index in [1.54, 1.807) is 0 Å². The Labute approximate surface area is 59.3 Å². The Bertz CT molecular complexity index is 75.3. The molecule has 1 heteroatoms. The van der Waals surface area contributed by atoms with Gasteiger partial charge < -0.3 is 5.32 Å². The van der Waals surface area contributed by atoms with Crippen LogP contribution in [-0.4, -0.2) is 12.6 Å². The molecule has 0 radical (unpaired) electrons. The third kappa shape index (κ3) is 1.98. The predicted molar refractivity (Wildman–Crippen MR) is 42.6 cm³/mol. The average molecular weight is 129 g/mol. The second kappa shape index (κ2) is 3.21. The van der Waals surface area contributed by atoms with E-state index in [-0.39, 0.29) is 1.43 Å². The number of hydrogen-bond acceptors (Lipinski definition) is 1. The van der Waals surface area contributed by atoms with Crippen molar-refractivity contribution in [3.8, 4) is 0 Å². The molecule has 1 nitrogen and oxygen atoms in total. The van der Waals surface area contributed by atoms with Crippen molar-refractivity contribution in [3.05, 3.63) is 0 Å². The van der Waals surface area contributed by atoms with E-state index in [0.717, 1.165) is 12.0 Å². The van der Waals surface area contributed by atoms with E-state index in [1.807, 2.05) is 0 Å². The van der Waals surface area contributed by atoms with Gasteiger partial charge in [0.1, 0.15) is 0 Å². The van der Waals surface area contributed by atoms with E-state index in [2.05, 4.69) is 19.2 Å². The van der Waals surface area contributed by atoms with Crippen molar-refractivity contribution in [2.45, 2.75) is 39.2 Å². The van der Waals surface area contributed by atoms with E-state index in [0.29, 0.717) is 0 Å². The maximum absolute atomic E-state index is 3.49. The molecule has 2 atom stereocenters. The highest BCUT2D eigenvalue weighted by Gasteiger charge is 2.13. The van der Waals surface area contributed by atoms with Crippen molar-refractivity contribution in [1.82, 2.24) is 5.32 Å². The molecular formula is C8H19N. The van der Waals surface area contributed by atoms with E-state index in [4.69, 9.17) is 0 Å². The lowest BCUT2D eigenvalue weighted by atomic mass is 9.99. The van der Waals surface area contributed by atoms with Gasteiger partial charge in [0.25, 0.3) is 0 Å². The van der Waals surface area contributed by atoms with Gasteiger partial charge in [-0.2, -0.15) is 0 Å². The summed E-state index contributed by atoms with van der Waals surface area (Å²) in [6.07, 6.45) is 4.20. The quantitative estimate of drug-likeness (QED) is 0.527. The van der Waals surface area contributed by atoms with Crippen LogP contribution in [0.3, 0.4) is 0 Å². The van der Waals surface area contributed by atoms with Crippen LogP contribution in [0.15, 0.2) is 0 Å². The molecule has 0 amide bonds. The highest BCUT2D eigenvalue weighted by atomic mass is 14.9. The molecule has 0 bridgehead atoms. The molecule has 0 aliphatic carbocycles. The van der Waals surface area contributed by atoms with Crippen molar-refractivity contribution >= 4 is 0 Å². The highest BCUT2D eigenvalue weighted by Crippen LogP contribution is 2.14.